The molecule has 1 aromatic carbocycles. The van der Waals surface area contributed by atoms with Crippen LogP contribution in [-0.4, -0.2) is 43.9 Å². The second-order valence-electron chi connectivity index (χ2n) is 4.72. The molecule has 1 atom stereocenters. The van der Waals surface area contributed by atoms with Crippen LogP contribution in [0.3, 0.4) is 0 Å². The van der Waals surface area contributed by atoms with Crippen molar-refractivity contribution < 1.29 is 22.9 Å². The molecule has 9 heteroatoms. The summed E-state index contributed by atoms with van der Waals surface area (Å²) in [6, 6.07) is 3.38. The van der Waals surface area contributed by atoms with E-state index in [0.717, 1.165) is 6.07 Å². The Bertz CT molecular complexity index is 685. The molecule has 1 saturated heterocycles. The minimum Gasteiger partial charge on any atom is -0.490 e. The largest absolute Gasteiger partial charge is 0.490 e. The van der Waals surface area contributed by atoms with Gasteiger partial charge < -0.3 is 10.1 Å². The number of nitro groups is 1. The van der Waals surface area contributed by atoms with Gasteiger partial charge in [-0.3, -0.25) is 14.9 Å². The van der Waals surface area contributed by atoms with E-state index in [1.165, 1.54) is 19.2 Å². The number of rotatable bonds is 4. The SMILES string of the molecule is COc1ccc(C(=O)N[C@@H]2CCS(=O)(=O)C2)cc1[N+](=O)[O-]. The molecule has 0 spiro atoms. The number of carbonyl (C=O) groups excluding carboxylic acids is 1. The fraction of sp³-hybridized carbons (Fsp3) is 0.417. The second kappa shape index (κ2) is 5.68. The quantitative estimate of drug-likeness (QED) is 0.640. The van der Waals surface area contributed by atoms with Gasteiger partial charge in [0.15, 0.2) is 15.6 Å². The highest BCUT2D eigenvalue weighted by Gasteiger charge is 2.29. The van der Waals surface area contributed by atoms with Gasteiger partial charge in [-0.25, -0.2) is 8.42 Å². The van der Waals surface area contributed by atoms with E-state index in [-0.39, 0.29) is 28.5 Å². The Morgan fingerprint density at radius 3 is 2.71 bits per heavy atom. The van der Waals surface area contributed by atoms with E-state index < -0.39 is 26.7 Å². The van der Waals surface area contributed by atoms with Gasteiger partial charge in [0, 0.05) is 17.7 Å². The number of carbonyl (C=O) groups is 1. The smallest absolute Gasteiger partial charge is 0.311 e. The number of hydrogen-bond acceptors (Lipinski definition) is 6. The summed E-state index contributed by atoms with van der Waals surface area (Å²) in [5, 5.41) is 13.5. The van der Waals surface area contributed by atoms with Gasteiger partial charge in [-0.1, -0.05) is 0 Å². The fourth-order valence-corrected chi connectivity index (χ4v) is 3.82. The molecule has 1 heterocycles. The molecule has 8 nitrogen and oxygen atoms in total. The van der Waals surface area contributed by atoms with Crippen LogP contribution < -0.4 is 10.1 Å². The van der Waals surface area contributed by atoms with Gasteiger partial charge in [-0.2, -0.15) is 0 Å². The van der Waals surface area contributed by atoms with E-state index in [2.05, 4.69) is 5.32 Å². The van der Waals surface area contributed by atoms with Gasteiger partial charge in [0.05, 0.1) is 23.5 Å². The van der Waals surface area contributed by atoms with E-state index in [0.29, 0.717) is 6.42 Å². The van der Waals surface area contributed by atoms with Crippen molar-refractivity contribution in [3.05, 3.63) is 33.9 Å². The Labute approximate surface area is 121 Å². The van der Waals surface area contributed by atoms with Crippen molar-refractivity contribution in [2.45, 2.75) is 12.5 Å². The average Bonchev–Trinajstić information content (AvgIpc) is 2.76. The van der Waals surface area contributed by atoms with Crippen LogP contribution in [0.25, 0.3) is 0 Å². The Hall–Kier alpha value is -2.16. The van der Waals surface area contributed by atoms with Crippen molar-refractivity contribution >= 4 is 21.4 Å². The predicted molar refractivity (Wildman–Crippen MR) is 74.2 cm³/mol. The molecule has 1 N–H and O–H groups in total. The van der Waals surface area contributed by atoms with Gasteiger partial charge in [0.2, 0.25) is 0 Å². The molecule has 114 valence electrons. The summed E-state index contributed by atoms with van der Waals surface area (Å²) in [5.41, 5.74) is -0.226. The van der Waals surface area contributed by atoms with E-state index in [4.69, 9.17) is 4.74 Å². The van der Waals surface area contributed by atoms with Crippen LogP contribution in [0.15, 0.2) is 18.2 Å². The van der Waals surface area contributed by atoms with Crippen molar-refractivity contribution in [3.8, 4) is 5.75 Å². The van der Waals surface area contributed by atoms with Crippen LogP contribution in [0.4, 0.5) is 5.69 Å². The molecule has 0 aliphatic carbocycles. The summed E-state index contributed by atoms with van der Waals surface area (Å²) in [4.78, 5) is 22.3. The van der Waals surface area contributed by atoms with E-state index in [9.17, 15) is 23.3 Å². The average molecular weight is 314 g/mol. The third kappa shape index (κ3) is 3.48. The highest BCUT2D eigenvalue weighted by molar-refractivity contribution is 7.91. The molecule has 2 rings (SSSR count). The Morgan fingerprint density at radius 1 is 1.48 bits per heavy atom. The number of nitro benzene ring substituents is 1. The highest BCUT2D eigenvalue weighted by Crippen LogP contribution is 2.27. The van der Waals surface area contributed by atoms with Crippen LogP contribution in [-0.2, 0) is 9.84 Å². The van der Waals surface area contributed by atoms with Crippen LogP contribution in [0.5, 0.6) is 5.75 Å². The molecule has 0 unspecified atom stereocenters. The number of nitrogens with one attached hydrogen (secondary N) is 1. The molecule has 1 aliphatic rings. The maximum atomic E-state index is 12.0. The molecule has 1 aliphatic heterocycles. The van der Waals surface area contributed by atoms with Crippen molar-refractivity contribution in [3.63, 3.8) is 0 Å². The van der Waals surface area contributed by atoms with Crippen molar-refractivity contribution in [2.24, 2.45) is 0 Å². The minimum absolute atomic E-state index is 0.0424. The van der Waals surface area contributed by atoms with E-state index in [1.807, 2.05) is 0 Å². The number of nitrogens with zero attached hydrogens (tertiary/aromatic N) is 1. The Balaban J connectivity index is 2.16. The summed E-state index contributed by atoms with van der Waals surface area (Å²) in [5.74, 6) is -0.541. The Kier molecular flexibility index (Phi) is 4.12. The molecule has 0 bridgehead atoms. The van der Waals surface area contributed by atoms with Crippen LogP contribution in [0.2, 0.25) is 0 Å². The monoisotopic (exact) mass is 314 g/mol. The standard InChI is InChI=1S/C12H14N2O6S/c1-20-11-3-2-8(6-10(11)14(16)17)12(15)13-9-4-5-21(18,19)7-9/h2-3,6,9H,4-5,7H2,1H3,(H,13,15)/t9-/m1/s1. The number of methoxy groups -OCH3 is 1. The molecule has 0 radical (unpaired) electrons. The zero-order valence-corrected chi connectivity index (χ0v) is 12.1. The lowest BCUT2D eigenvalue weighted by Crippen LogP contribution is -2.35. The topological polar surface area (TPSA) is 116 Å². The third-order valence-corrected chi connectivity index (χ3v) is 4.97. The minimum atomic E-state index is -3.10. The van der Waals surface area contributed by atoms with Gasteiger partial charge in [0.1, 0.15) is 0 Å². The summed E-state index contributed by atoms with van der Waals surface area (Å²) in [6.45, 7) is 0. The second-order valence-corrected chi connectivity index (χ2v) is 6.95. The van der Waals surface area contributed by atoms with Crippen LogP contribution in [0, 0.1) is 10.1 Å². The van der Waals surface area contributed by atoms with Crippen molar-refractivity contribution in [2.75, 3.05) is 18.6 Å². The highest BCUT2D eigenvalue weighted by atomic mass is 32.2. The van der Waals surface area contributed by atoms with Gasteiger partial charge in [0.25, 0.3) is 5.91 Å². The summed E-state index contributed by atoms with van der Waals surface area (Å²) in [6.07, 6.45) is 0.353. The zero-order valence-electron chi connectivity index (χ0n) is 11.2. The Morgan fingerprint density at radius 2 is 2.19 bits per heavy atom. The first-order valence-electron chi connectivity index (χ1n) is 6.16. The zero-order chi connectivity index (χ0) is 15.6. The first kappa shape index (κ1) is 15.2. The summed E-state index contributed by atoms with van der Waals surface area (Å²) >= 11 is 0. The van der Waals surface area contributed by atoms with E-state index >= 15 is 0 Å². The molecule has 21 heavy (non-hydrogen) atoms. The first-order valence-corrected chi connectivity index (χ1v) is 7.98. The van der Waals surface area contributed by atoms with Crippen LogP contribution >= 0.6 is 0 Å². The van der Waals surface area contributed by atoms with Gasteiger partial charge in [-0.05, 0) is 18.6 Å². The van der Waals surface area contributed by atoms with E-state index in [1.54, 1.807) is 0 Å². The third-order valence-electron chi connectivity index (χ3n) is 3.21. The maximum Gasteiger partial charge on any atom is 0.311 e. The number of amides is 1. The molecule has 1 fully saturated rings. The normalized spacial score (nSPS) is 20.0. The molecule has 0 aromatic heterocycles. The molecule has 1 amide bonds. The van der Waals surface area contributed by atoms with Crippen molar-refractivity contribution in [1.29, 1.82) is 0 Å². The van der Waals surface area contributed by atoms with Crippen LogP contribution in [0.1, 0.15) is 16.8 Å². The summed E-state index contributed by atoms with van der Waals surface area (Å²) < 4.78 is 27.5. The maximum absolute atomic E-state index is 12.0. The molecular weight excluding hydrogens is 300 g/mol. The lowest BCUT2D eigenvalue weighted by atomic mass is 10.1. The lowest BCUT2D eigenvalue weighted by Gasteiger charge is -2.11. The molecule has 0 saturated carbocycles. The summed E-state index contributed by atoms with van der Waals surface area (Å²) in [7, 11) is -1.80. The first-order chi connectivity index (χ1) is 9.82. The lowest BCUT2D eigenvalue weighted by molar-refractivity contribution is -0.385. The number of hydrogen-bond donors (Lipinski definition) is 1. The fourth-order valence-electron chi connectivity index (χ4n) is 2.15. The predicted octanol–water partition coefficient (Wildman–Crippen LogP) is 0.520. The molecule has 1 aromatic rings. The van der Waals surface area contributed by atoms with Gasteiger partial charge >= 0.3 is 5.69 Å². The molecular formula is C12H14N2O6S. The number of benzene rings is 1. The number of ether oxygens (including phenoxy) is 1. The number of sulfone groups is 1. The van der Waals surface area contributed by atoms with Crippen molar-refractivity contribution in [1.82, 2.24) is 5.32 Å². The van der Waals surface area contributed by atoms with Gasteiger partial charge in [-0.15, -0.1) is 0 Å².